The summed E-state index contributed by atoms with van der Waals surface area (Å²) in [6.45, 7) is 9.39. The van der Waals surface area contributed by atoms with Crippen molar-refractivity contribution in [2.75, 3.05) is 11.9 Å². The number of nitrogens with zero attached hydrogens (tertiary/aromatic N) is 3. The van der Waals surface area contributed by atoms with E-state index in [2.05, 4.69) is 49.2 Å². The number of anilines is 1. The Labute approximate surface area is 114 Å². The highest BCUT2D eigenvalue weighted by molar-refractivity contribution is 5.51. The number of hydrogen-bond donors (Lipinski definition) is 2. The van der Waals surface area contributed by atoms with E-state index in [0.29, 0.717) is 0 Å². The van der Waals surface area contributed by atoms with E-state index in [1.54, 1.807) is 10.8 Å². The topological polar surface area (TPSA) is 68.2 Å². The third kappa shape index (κ3) is 3.67. The van der Waals surface area contributed by atoms with Crippen LogP contribution in [0.5, 0.6) is 0 Å². The molecule has 0 spiro atoms. The molecule has 1 unspecified atom stereocenters. The number of fused-ring (bicyclic) bond motifs is 1. The standard InChI is InChI=1S/C14H23N5/c1-10-5-12(19-13(6-10)17-9-18-19)16-8-11(15)7-14(2,3)4/h5-6,9,11,16H,7-8,15H2,1-4H3. The van der Waals surface area contributed by atoms with E-state index >= 15 is 0 Å². The summed E-state index contributed by atoms with van der Waals surface area (Å²) in [4.78, 5) is 4.21. The van der Waals surface area contributed by atoms with Gasteiger partial charge in [-0.25, -0.2) is 4.98 Å². The van der Waals surface area contributed by atoms with Gasteiger partial charge in [-0.05, 0) is 36.5 Å². The van der Waals surface area contributed by atoms with Gasteiger partial charge in [-0.1, -0.05) is 20.8 Å². The first-order valence-corrected chi connectivity index (χ1v) is 6.65. The minimum Gasteiger partial charge on any atom is -0.368 e. The summed E-state index contributed by atoms with van der Waals surface area (Å²) in [7, 11) is 0. The highest BCUT2D eigenvalue weighted by Gasteiger charge is 2.15. The van der Waals surface area contributed by atoms with Gasteiger partial charge in [0, 0.05) is 12.6 Å². The number of nitrogens with two attached hydrogens (primary N) is 1. The van der Waals surface area contributed by atoms with Crippen molar-refractivity contribution >= 4 is 11.5 Å². The molecule has 0 aromatic carbocycles. The summed E-state index contributed by atoms with van der Waals surface area (Å²) < 4.78 is 1.80. The summed E-state index contributed by atoms with van der Waals surface area (Å²) in [5.74, 6) is 0.942. The van der Waals surface area contributed by atoms with Crippen molar-refractivity contribution in [3.63, 3.8) is 0 Å². The van der Waals surface area contributed by atoms with Gasteiger partial charge in [0.2, 0.25) is 0 Å². The summed E-state index contributed by atoms with van der Waals surface area (Å²) in [6, 6.07) is 4.19. The third-order valence-electron chi connectivity index (χ3n) is 2.94. The normalized spacial score (nSPS) is 13.7. The molecule has 1 atom stereocenters. The molecule has 19 heavy (non-hydrogen) atoms. The number of hydrogen-bond acceptors (Lipinski definition) is 4. The lowest BCUT2D eigenvalue weighted by molar-refractivity contribution is 0.344. The SMILES string of the molecule is Cc1cc(NCC(N)CC(C)(C)C)n2ncnc2c1. The average Bonchev–Trinajstić information content (AvgIpc) is 2.71. The first kappa shape index (κ1) is 13.8. The maximum Gasteiger partial charge on any atom is 0.157 e. The molecular weight excluding hydrogens is 238 g/mol. The van der Waals surface area contributed by atoms with E-state index in [9.17, 15) is 0 Å². The molecule has 0 saturated carbocycles. The second-order valence-corrected chi connectivity index (χ2v) is 6.35. The molecule has 0 aliphatic heterocycles. The van der Waals surface area contributed by atoms with Gasteiger partial charge in [0.1, 0.15) is 12.1 Å². The molecule has 0 aliphatic rings. The Morgan fingerprint density at radius 1 is 1.37 bits per heavy atom. The maximum absolute atomic E-state index is 6.16. The summed E-state index contributed by atoms with van der Waals surface area (Å²) in [5, 5.41) is 7.59. The lowest BCUT2D eigenvalue weighted by Gasteiger charge is -2.23. The largest absolute Gasteiger partial charge is 0.368 e. The van der Waals surface area contributed by atoms with E-state index in [-0.39, 0.29) is 11.5 Å². The third-order valence-corrected chi connectivity index (χ3v) is 2.94. The van der Waals surface area contributed by atoms with E-state index in [0.717, 1.165) is 30.0 Å². The Hall–Kier alpha value is -1.62. The quantitative estimate of drug-likeness (QED) is 0.885. The molecule has 0 aliphatic carbocycles. The molecule has 2 rings (SSSR count). The van der Waals surface area contributed by atoms with Gasteiger partial charge in [0.05, 0.1) is 0 Å². The highest BCUT2D eigenvalue weighted by Crippen LogP contribution is 2.20. The van der Waals surface area contributed by atoms with Crippen molar-refractivity contribution in [1.29, 1.82) is 0 Å². The lowest BCUT2D eigenvalue weighted by atomic mass is 9.88. The van der Waals surface area contributed by atoms with Crippen LogP contribution in [0.3, 0.4) is 0 Å². The average molecular weight is 261 g/mol. The van der Waals surface area contributed by atoms with E-state index in [1.165, 1.54) is 0 Å². The number of nitrogens with one attached hydrogen (secondary N) is 1. The molecule has 5 heteroatoms. The fraction of sp³-hybridized carbons (Fsp3) is 0.571. The van der Waals surface area contributed by atoms with Crippen LogP contribution in [-0.4, -0.2) is 27.2 Å². The van der Waals surface area contributed by atoms with Gasteiger partial charge >= 0.3 is 0 Å². The van der Waals surface area contributed by atoms with Crippen LogP contribution in [0.1, 0.15) is 32.8 Å². The van der Waals surface area contributed by atoms with Gasteiger partial charge < -0.3 is 11.1 Å². The van der Waals surface area contributed by atoms with Crippen molar-refractivity contribution in [1.82, 2.24) is 14.6 Å². The molecule has 2 aromatic heterocycles. The molecular formula is C14H23N5. The number of aryl methyl sites for hydroxylation is 1. The number of pyridine rings is 1. The molecule has 0 fully saturated rings. The fourth-order valence-corrected chi connectivity index (χ4v) is 2.28. The second kappa shape index (κ2) is 5.17. The van der Waals surface area contributed by atoms with Crippen LogP contribution < -0.4 is 11.1 Å². The zero-order valence-electron chi connectivity index (χ0n) is 12.1. The zero-order valence-corrected chi connectivity index (χ0v) is 12.1. The molecule has 5 nitrogen and oxygen atoms in total. The molecule has 0 bridgehead atoms. The predicted octanol–water partition coefficient (Wildman–Crippen LogP) is 2.21. The van der Waals surface area contributed by atoms with Crippen LogP contribution in [-0.2, 0) is 0 Å². The molecule has 0 radical (unpaired) electrons. The van der Waals surface area contributed by atoms with Crippen molar-refractivity contribution in [3.8, 4) is 0 Å². The van der Waals surface area contributed by atoms with E-state index < -0.39 is 0 Å². The zero-order chi connectivity index (χ0) is 14.0. The minimum atomic E-state index is 0.124. The maximum atomic E-state index is 6.16. The van der Waals surface area contributed by atoms with Crippen LogP contribution in [0.15, 0.2) is 18.5 Å². The Morgan fingerprint density at radius 2 is 2.11 bits per heavy atom. The Kier molecular flexibility index (Phi) is 3.75. The van der Waals surface area contributed by atoms with Crippen molar-refractivity contribution in [2.45, 2.75) is 40.2 Å². The minimum absolute atomic E-state index is 0.124. The van der Waals surface area contributed by atoms with Crippen molar-refractivity contribution < 1.29 is 0 Å². The van der Waals surface area contributed by atoms with Crippen LogP contribution in [0.2, 0.25) is 0 Å². The molecule has 2 aromatic rings. The van der Waals surface area contributed by atoms with Crippen LogP contribution in [0, 0.1) is 12.3 Å². The Morgan fingerprint density at radius 3 is 2.79 bits per heavy atom. The monoisotopic (exact) mass is 261 g/mol. The van der Waals surface area contributed by atoms with Crippen LogP contribution >= 0.6 is 0 Å². The van der Waals surface area contributed by atoms with E-state index in [1.807, 2.05) is 6.07 Å². The van der Waals surface area contributed by atoms with Gasteiger partial charge in [-0.3, -0.25) is 0 Å². The van der Waals surface area contributed by atoms with Gasteiger partial charge in [0.15, 0.2) is 5.65 Å². The molecule has 3 N–H and O–H groups in total. The summed E-state index contributed by atoms with van der Waals surface area (Å²) in [6.07, 6.45) is 2.54. The van der Waals surface area contributed by atoms with Gasteiger partial charge in [-0.15, -0.1) is 0 Å². The second-order valence-electron chi connectivity index (χ2n) is 6.35. The molecule has 0 amide bonds. The smallest absolute Gasteiger partial charge is 0.157 e. The summed E-state index contributed by atoms with van der Waals surface area (Å²) in [5.41, 5.74) is 8.42. The fourth-order valence-electron chi connectivity index (χ4n) is 2.28. The molecule has 2 heterocycles. The number of aromatic nitrogens is 3. The Balaban J connectivity index is 2.07. The van der Waals surface area contributed by atoms with E-state index in [4.69, 9.17) is 5.73 Å². The lowest BCUT2D eigenvalue weighted by Crippen LogP contribution is -2.33. The predicted molar refractivity (Wildman–Crippen MR) is 78.3 cm³/mol. The first-order chi connectivity index (χ1) is 8.85. The van der Waals surface area contributed by atoms with Crippen LogP contribution in [0.25, 0.3) is 5.65 Å². The van der Waals surface area contributed by atoms with Crippen LogP contribution in [0.4, 0.5) is 5.82 Å². The first-order valence-electron chi connectivity index (χ1n) is 6.65. The molecule has 0 saturated heterocycles. The number of rotatable bonds is 4. The van der Waals surface area contributed by atoms with Crippen molar-refractivity contribution in [2.24, 2.45) is 11.1 Å². The highest BCUT2D eigenvalue weighted by atomic mass is 15.3. The molecule has 104 valence electrons. The van der Waals surface area contributed by atoms with Gasteiger partial charge in [-0.2, -0.15) is 9.61 Å². The summed E-state index contributed by atoms with van der Waals surface area (Å²) >= 11 is 0. The van der Waals surface area contributed by atoms with Gasteiger partial charge in [0.25, 0.3) is 0 Å². The Bertz CT molecular complexity index is 552. The van der Waals surface area contributed by atoms with Crippen molar-refractivity contribution in [3.05, 3.63) is 24.0 Å².